The van der Waals surface area contributed by atoms with Crippen molar-refractivity contribution < 1.29 is 48.4 Å². The molecule has 1 aliphatic rings. The van der Waals surface area contributed by atoms with Crippen LogP contribution in [0.2, 0.25) is 0 Å². The third-order valence-electron chi connectivity index (χ3n) is 5.85. The molecule has 2 rings (SSSR count). The van der Waals surface area contributed by atoms with E-state index in [-0.39, 0.29) is 47.4 Å². The molecule has 0 bridgehead atoms. The Balaban J connectivity index is 1.87. The van der Waals surface area contributed by atoms with Crippen molar-refractivity contribution in [2.24, 2.45) is 11.8 Å². The molecule has 0 unspecified atom stereocenters. The van der Waals surface area contributed by atoms with E-state index in [9.17, 15) is 24.0 Å². The van der Waals surface area contributed by atoms with Gasteiger partial charge < -0.3 is 34.6 Å². The number of benzene rings is 1. The van der Waals surface area contributed by atoms with E-state index in [4.69, 9.17) is 24.4 Å². The maximum absolute atomic E-state index is 12.7. The predicted octanol–water partition coefficient (Wildman–Crippen LogP) is 2.59. The van der Waals surface area contributed by atoms with Crippen LogP contribution in [0.1, 0.15) is 56.8 Å². The minimum absolute atomic E-state index is 0.0247. The number of rotatable bonds is 12. The minimum Gasteiger partial charge on any atom is -0.479 e. The maximum Gasteiger partial charge on any atom is 0.410 e. The number of ether oxygens (including phenoxy) is 3. The Morgan fingerprint density at radius 2 is 1.53 bits per heavy atom. The fraction of sp³-hybridized carbons (Fsp3) is 0.577. The molecule has 2 amide bonds. The molecule has 0 saturated heterocycles. The van der Waals surface area contributed by atoms with Crippen molar-refractivity contribution >= 4 is 29.7 Å². The van der Waals surface area contributed by atoms with E-state index < -0.39 is 36.5 Å². The number of carboxylic acids is 2. The van der Waals surface area contributed by atoms with Crippen molar-refractivity contribution in [3.8, 4) is 11.5 Å². The van der Waals surface area contributed by atoms with Crippen LogP contribution >= 0.6 is 0 Å². The predicted molar refractivity (Wildman–Crippen MR) is 134 cm³/mol. The molecule has 1 aliphatic carbocycles. The van der Waals surface area contributed by atoms with E-state index >= 15 is 0 Å². The number of carbonyl (C=O) groups excluding carboxylic acids is 3. The van der Waals surface area contributed by atoms with Gasteiger partial charge in [0, 0.05) is 25.1 Å². The van der Waals surface area contributed by atoms with E-state index in [0.717, 1.165) is 12.8 Å². The third-order valence-corrected chi connectivity index (χ3v) is 5.85. The molecule has 0 aliphatic heterocycles. The molecule has 12 nitrogen and oxygen atoms in total. The van der Waals surface area contributed by atoms with Crippen LogP contribution in [0, 0.1) is 11.8 Å². The van der Waals surface area contributed by atoms with Gasteiger partial charge in [-0.25, -0.2) is 14.4 Å². The van der Waals surface area contributed by atoms with Crippen molar-refractivity contribution in [2.45, 2.75) is 52.1 Å². The molecule has 1 saturated carbocycles. The Morgan fingerprint density at radius 1 is 0.947 bits per heavy atom. The largest absolute Gasteiger partial charge is 0.479 e. The van der Waals surface area contributed by atoms with Gasteiger partial charge in [-0.2, -0.15) is 0 Å². The van der Waals surface area contributed by atoms with E-state index in [1.54, 1.807) is 11.9 Å². The molecule has 0 radical (unpaired) electrons. The molecule has 1 aromatic carbocycles. The summed E-state index contributed by atoms with van der Waals surface area (Å²) in [5.74, 6) is -3.28. The van der Waals surface area contributed by atoms with E-state index in [2.05, 4.69) is 5.32 Å². The van der Waals surface area contributed by atoms with Crippen LogP contribution in [-0.2, 0) is 19.1 Å². The van der Waals surface area contributed by atoms with Gasteiger partial charge in [-0.05, 0) is 70.6 Å². The van der Waals surface area contributed by atoms with Gasteiger partial charge in [-0.1, -0.05) is 0 Å². The standard InChI is InChI=1S/C26H36N2O10/c1-26(2,3)38-25(35)28(4)13-16-5-7-17(8-6-16)24(34)27-12-19(29)18-9-10-20(36-14-22(30)31)21(11-18)37-15-23(32)33/h9-11,16-17H,5-8,12-15H2,1-4H3,(H,27,34)(H,30,31)(H,32,33). The van der Waals surface area contributed by atoms with Crippen LogP contribution in [-0.4, -0.2) is 83.8 Å². The summed E-state index contributed by atoms with van der Waals surface area (Å²) < 4.78 is 15.6. The number of carboxylic acid groups (broad SMARTS) is 2. The zero-order valence-corrected chi connectivity index (χ0v) is 22.2. The summed E-state index contributed by atoms with van der Waals surface area (Å²) in [6, 6.07) is 3.94. The monoisotopic (exact) mass is 536 g/mol. The van der Waals surface area contributed by atoms with Gasteiger partial charge in [0.25, 0.3) is 0 Å². The highest BCUT2D eigenvalue weighted by atomic mass is 16.6. The molecular formula is C26H36N2O10. The van der Waals surface area contributed by atoms with Gasteiger partial charge in [0.1, 0.15) is 5.60 Å². The first-order chi connectivity index (χ1) is 17.7. The lowest BCUT2D eigenvalue weighted by molar-refractivity contribution is -0.140. The van der Waals surface area contributed by atoms with Gasteiger partial charge in [-0.3, -0.25) is 9.59 Å². The zero-order valence-electron chi connectivity index (χ0n) is 22.2. The van der Waals surface area contributed by atoms with Crippen molar-refractivity contribution in [3.05, 3.63) is 23.8 Å². The lowest BCUT2D eigenvalue weighted by Crippen LogP contribution is -2.39. The van der Waals surface area contributed by atoms with Gasteiger partial charge >= 0.3 is 18.0 Å². The van der Waals surface area contributed by atoms with Crippen molar-refractivity contribution in [1.82, 2.24) is 10.2 Å². The molecule has 1 aromatic rings. The summed E-state index contributed by atoms with van der Waals surface area (Å²) in [4.78, 5) is 60.7. The molecule has 12 heteroatoms. The molecule has 0 aromatic heterocycles. The first-order valence-electron chi connectivity index (χ1n) is 12.3. The smallest absolute Gasteiger partial charge is 0.410 e. The molecule has 1 fully saturated rings. The summed E-state index contributed by atoms with van der Waals surface area (Å²) in [5, 5.41) is 20.3. The molecule has 0 heterocycles. The Bertz CT molecular complexity index is 1030. The summed E-state index contributed by atoms with van der Waals surface area (Å²) >= 11 is 0. The highest BCUT2D eigenvalue weighted by Crippen LogP contribution is 2.30. The molecular weight excluding hydrogens is 500 g/mol. The van der Waals surface area contributed by atoms with Crippen molar-refractivity contribution in [1.29, 1.82) is 0 Å². The summed E-state index contributed by atoms with van der Waals surface area (Å²) in [6.45, 7) is 4.32. The van der Waals surface area contributed by atoms with Gasteiger partial charge in [0.05, 0.1) is 6.54 Å². The number of ketones is 1. The van der Waals surface area contributed by atoms with Crippen molar-refractivity contribution in [2.75, 3.05) is 33.4 Å². The second kappa shape index (κ2) is 13.6. The fourth-order valence-electron chi connectivity index (χ4n) is 4.02. The quantitative estimate of drug-likeness (QED) is 0.338. The van der Waals surface area contributed by atoms with Crippen LogP contribution in [0.4, 0.5) is 4.79 Å². The maximum atomic E-state index is 12.7. The molecule has 210 valence electrons. The van der Waals surface area contributed by atoms with Gasteiger partial charge in [0.2, 0.25) is 5.91 Å². The Hall–Kier alpha value is -3.83. The number of carbonyl (C=O) groups is 5. The summed E-state index contributed by atoms with van der Waals surface area (Å²) in [7, 11) is 1.70. The SMILES string of the molecule is CN(CC1CCC(C(=O)NCC(=O)c2ccc(OCC(=O)O)c(OCC(=O)O)c2)CC1)C(=O)OC(C)(C)C. The highest BCUT2D eigenvalue weighted by molar-refractivity contribution is 6.00. The Morgan fingerprint density at radius 3 is 2.08 bits per heavy atom. The molecule has 0 spiro atoms. The number of aliphatic carboxylic acids is 2. The van der Waals surface area contributed by atoms with Crippen LogP contribution in [0.3, 0.4) is 0 Å². The Labute approximate surface area is 221 Å². The first kappa shape index (κ1) is 30.4. The fourth-order valence-corrected chi connectivity index (χ4v) is 4.02. The molecule has 38 heavy (non-hydrogen) atoms. The normalized spacial score (nSPS) is 17.2. The molecule has 3 N–H and O–H groups in total. The van der Waals surface area contributed by atoms with E-state index in [0.29, 0.717) is 19.4 Å². The number of amides is 2. The lowest BCUT2D eigenvalue weighted by atomic mass is 9.81. The first-order valence-corrected chi connectivity index (χ1v) is 12.3. The number of Topliss-reactive ketones (excluding diaryl/α,β-unsaturated/α-hetero) is 1. The van der Waals surface area contributed by atoms with Crippen LogP contribution < -0.4 is 14.8 Å². The van der Waals surface area contributed by atoms with Crippen LogP contribution in [0.5, 0.6) is 11.5 Å². The van der Waals surface area contributed by atoms with Crippen LogP contribution in [0.25, 0.3) is 0 Å². The van der Waals surface area contributed by atoms with E-state index in [1.807, 2.05) is 20.8 Å². The summed E-state index contributed by atoms with van der Waals surface area (Å²) in [5.41, 5.74) is -0.427. The number of hydrogen-bond acceptors (Lipinski definition) is 8. The van der Waals surface area contributed by atoms with E-state index in [1.165, 1.54) is 18.2 Å². The van der Waals surface area contributed by atoms with Crippen molar-refractivity contribution in [3.63, 3.8) is 0 Å². The average molecular weight is 537 g/mol. The minimum atomic E-state index is -1.26. The average Bonchev–Trinajstić information content (AvgIpc) is 2.84. The third kappa shape index (κ3) is 10.3. The number of nitrogens with one attached hydrogen (secondary N) is 1. The van der Waals surface area contributed by atoms with Gasteiger partial charge in [-0.15, -0.1) is 0 Å². The van der Waals surface area contributed by atoms with Crippen LogP contribution in [0.15, 0.2) is 18.2 Å². The second-order valence-corrected chi connectivity index (χ2v) is 10.2. The second-order valence-electron chi connectivity index (χ2n) is 10.2. The topological polar surface area (TPSA) is 169 Å². The van der Waals surface area contributed by atoms with Gasteiger partial charge in [0.15, 0.2) is 30.5 Å². The number of hydrogen-bond donors (Lipinski definition) is 3. The Kier molecular flexibility index (Phi) is 10.9. The lowest BCUT2D eigenvalue weighted by Gasteiger charge is -2.31. The summed E-state index contributed by atoms with van der Waals surface area (Å²) in [6.07, 6.45) is 2.42. The zero-order chi connectivity index (χ0) is 28.5. The molecule has 0 atom stereocenters. The number of nitrogens with zero attached hydrogens (tertiary/aromatic N) is 1. The highest BCUT2D eigenvalue weighted by Gasteiger charge is 2.29.